The zero-order valence-electron chi connectivity index (χ0n) is 8.98. The summed E-state index contributed by atoms with van der Waals surface area (Å²) in [6, 6.07) is 5.27. The van der Waals surface area contributed by atoms with Crippen LogP contribution >= 0.6 is 11.8 Å². The zero-order valence-corrected chi connectivity index (χ0v) is 9.80. The lowest BCUT2D eigenvalue weighted by atomic mass is 10.2. The lowest BCUT2D eigenvalue weighted by Gasteiger charge is -2.10. The first-order valence-electron chi connectivity index (χ1n) is 5.46. The molecule has 0 saturated heterocycles. The Morgan fingerprint density at radius 3 is 2.69 bits per heavy atom. The molecule has 1 fully saturated rings. The Kier molecular flexibility index (Phi) is 3.39. The van der Waals surface area contributed by atoms with Crippen LogP contribution in [0.1, 0.15) is 36.0 Å². The Morgan fingerprint density at radius 2 is 2.06 bits per heavy atom. The maximum atomic E-state index is 10.9. The van der Waals surface area contributed by atoms with Crippen LogP contribution in [0.4, 0.5) is 5.69 Å². The van der Waals surface area contributed by atoms with E-state index in [9.17, 15) is 4.79 Å². The van der Waals surface area contributed by atoms with Crippen LogP contribution in [0.2, 0.25) is 0 Å². The van der Waals surface area contributed by atoms with Crippen LogP contribution in [-0.2, 0) is 0 Å². The predicted molar refractivity (Wildman–Crippen MR) is 65.9 cm³/mol. The number of nitrogens with two attached hydrogens (primary N) is 1. The van der Waals surface area contributed by atoms with E-state index in [0.717, 1.165) is 4.90 Å². The highest BCUT2D eigenvalue weighted by Gasteiger charge is 2.17. The number of hydrogen-bond donors (Lipinski definition) is 2. The summed E-state index contributed by atoms with van der Waals surface area (Å²) >= 11 is 1.77. The van der Waals surface area contributed by atoms with E-state index in [0.29, 0.717) is 10.9 Å². The summed E-state index contributed by atoms with van der Waals surface area (Å²) in [5.74, 6) is -0.952. The van der Waals surface area contributed by atoms with E-state index in [1.807, 2.05) is 6.07 Å². The molecule has 0 radical (unpaired) electrons. The number of carbonyl (C=O) groups is 1. The van der Waals surface area contributed by atoms with Gasteiger partial charge in [-0.2, -0.15) is 0 Å². The number of anilines is 1. The van der Waals surface area contributed by atoms with Crippen molar-refractivity contribution < 1.29 is 9.90 Å². The molecule has 3 N–H and O–H groups in total. The molecule has 0 aromatic heterocycles. The van der Waals surface area contributed by atoms with Crippen molar-refractivity contribution in [3.05, 3.63) is 23.8 Å². The van der Waals surface area contributed by atoms with Gasteiger partial charge in [-0.05, 0) is 31.0 Å². The van der Waals surface area contributed by atoms with Crippen molar-refractivity contribution >= 4 is 23.4 Å². The van der Waals surface area contributed by atoms with E-state index < -0.39 is 5.97 Å². The van der Waals surface area contributed by atoms with Crippen molar-refractivity contribution in [3.8, 4) is 0 Å². The molecule has 2 rings (SSSR count). The average Bonchev–Trinajstić information content (AvgIpc) is 2.73. The van der Waals surface area contributed by atoms with Gasteiger partial charge in [0.25, 0.3) is 0 Å². The summed E-state index contributed by atoms with van der Waals surface area (Å²) < 4.78 is 0. The minimum Gasteiger partial charge on any atom is -0.478 e. The first-order valence-corrected chi connectivity index (χ1v) is 6.34. The van der Waals surface area contributed by atoms with Crippen molar-refractivity contribution in [1.82, 2.24) is 0 Å². The molecule has 0 aliphatic heterocycles. The van der Waals surface area contributed by atoms with Gasteiger partial charge in [0.2, 0.25) is 0 Å². The van der Waals surface area contributed by atoms with E-state index >= 15 is 0 Å². The third-order valence-electron chi connectivity index (χ3n) is 2.86. The maximum absolute atomic E-state index is 10.9. The summed E-state index contributed by atoms with van der Waals surface area (Å²) in [6.07, 6.45) is 5.05. The molecule has 1 aliphatic rings. The first-order chi connectivity index (χ1) is 7.66. The first kappa shape index (κ1) is 11.3. The molecule has 1 aromatic carbocycles. The predicted octanol–water partition coefficient (Wildman–Crippen LogP) is 3.00. The van der Waals surface area contributed by atoms with Gasteiger partial charge in [-0.3, -0.25) is 0 Å². The normalized spacial score (nSPS) is 16.5. The second-order valence-corrected chi connectivity index (χ2v) is 5.45. The van der Waals surface area contributed by atoms with Crippen LogP contribution in [0.5, 0.6) is 0 Å². The smallest absolute Gasteiger partial charge is 0.337 e. The number of thioether (sulfide) groups is 1. The Balaban J connectivity index is 2.15. The molecule has 1 aliphatic carbocycles. The van der Waals surface area contributed by atoms with Gasteiger partial charge in [-0.15, -0.1) is 11.8 Å². The Labute approximate surface area is 99.0 Å². The van der Waals surface area contributed by atoms with Gasteiger partial charge in [0.05, 0.1) is 5.56 Å². The fourth-order valence-corrected chi connectivity index (χ4v) is 3.28. The highest BCUT2D eigenvalue weighted by molar-refractivity contribution is 8.00. The van der Waals surface area contributed by atoms with E-state index in [-0.39, 0.29) is 5.56 Å². The maximum Gasteiger partial charge on any atom is 0.337 e. The van der Waals surface area contributed by atoms with E-state index in [2.05, 4.69) is 0 Å². The third-order valence-corrected chi connectivity index (χ3v) is 4.19. The zero-order chi connectivity index (χ0) is 11.5. The third kappa shape index (κ3) is 2.50. The molecule has 0 atom stereocenters. The van der Waals surface area contributed by atoms with Crippen LogP contribution < -0.4 is 5.73 Å². The molecule has 4 heteroatoms. The molecule has 0 unspecified atom stereocenters. The summed E-state index contributed by atoms with van der Waals surface area (Å²) in [7, 11) is 0. The molecule has 0 amide bonds. The lowest BCUT2D eigenvalue weighted by molar-refractivity contribution is 0.0698. The summed E-state index contributed by atoms with van der Waals surface area (Å²) in [4.78, 5) is 11.9. The van der Waals surface area contributed by atoms with Gasteiger partial charge in [0, 0.05) is 15.8 Å². The Bertz CT molecular complexity index is 400. The molecule has 1 saturated carbocycles. The minimum atomic E-state index is -0.952. The Hall–Kier alpha value is -1.16. The second kappa shape index (κ2) is 4.78. The summed E-state index contributed by atoms with van der Waals surface area (Å²) in [6.45, 7) is 0. The molecular formula is C12H15NO2S. The number of carboxylic acid groups (broad SMARTS) is 1. The minimum absolute atomic E-state index is 0.211. The topological polar surface area (TPSA) is 63.3 Å². The molecule has 16 heavy (non-hydrogen) atoms. The van der Waals surface area contributed by atoms with Crippen LogP contribution in [0.25, 0.3) is 0 Å². The number of nitrogen functional groups attached to an aromatic ring is 1. The molecule has 0 bridgehead atoms. The van der Waals surface area contributed by atoms with Gasteiger partial charge in [-0.25, -0.2) is 4.79 Å². The number of aromatic carboxylic acids is 1. The highest BCUT2D eigenvalue weighted by Crippen LogP contribution is 2.35. The van der Waals surface area contributed by atoms with Crippen LogP contribution in [-0.4, -0.2) is 16.3 Å². The van der Waals surface area contributed by atoms with Crippen molar-refractivity contribution in [3.63, 3.8) is 0 Å². The molecule has 0 spiro atoms. The average molecular weight is 237 g/mol. The Morgan fingerprint density at radius 1 is 1.38 bits per heavy atom. The molecular weight excluding hydrogens is 222 g/mol. The second-order valence-electron chi connectivity index (χ2n) is 4.08. The van der Waals surface area contributed by atoms with Crippen LogP contribution in [0.15, 0.2) is 23.1 Å². The van der Waals surface area contributed by atoms with E-state index in [1.165, 1.54) is 25.7 Å². The van der Waals surface area contributed by atoms with Crippen LogP contribution in [0.3, 0.4) is 0 Å². The van der Waals surface area contributed by atoms with Gasteiger partial charge in [-0.1, -0.05) is 12.8 Å². The van der Waals surface area contributed by atoms with Crippen molar-refractivity contribution in [2.24, 2.45) is 0 Å². The monoisotopic (exact) mass is 237 g/mol. The molecule has 3 nitrogen and oxygen atoms in total. The van der Waals surface area contributed by atoms with E-state index in [4.69, 9.17) is 10.8 Å². The van der Waals surface area contributed by atoms with Crippen molar-refractivity contribution in [2.75, 3.05) is 5.73 Å². The lowest BCUT2D eigenvalue weighted by Crippen LogP contribution is -2.03. The standard InChI is InChI=1S/C12H15NO2S/c13-11-6-5-9(7-10(11)12(14)15)16-8-3-1-2-4-8/h5-8H,1-4,13H2,(H,14,15). The van der Waals surface area contributed by atoms with Crippen LogP contribution in [0, 0.1) is 0 Å². The SMILES string of the molecule is Nc1ccc(SC2CCCC2)cc1C(=O)O. The molecule has 86 valence electrons. The number of benzene rings is 1. The van der Waals surface area contributed by atoms with Crippen molar-refractivity contribution in [2.45, 2.75) is 35.8 Å². The fourth-order valence-electron chi connectivity index (χ4n) is 1.99. The molecule has 1 aromatic rings. The molecule has 0 heterocycles. The number of rotatable bonds is 3. The number of carboxylic acids is 1. The van der Waals surface area contributed by atoms with Gasteiger partial charge in [0.15, 0.2) is 0 Å². The van der Waals surface area contributed by atoms with Gasteiger partial charge >= 0.3 is 5.97 Å². The quantitative estimate of drug-likeness (QED) is 0.793. The van der Waals surface area contributed by atoms with Gasteiger partial charge < -0.3 is 10.8 Å². The highest BCUT2D eigenvalue weighted by atomic mass is 32.2. The van der Waals surface area contributed by atoms with E-state index in [1.54, 1.807) is 23.9 Å². The number of hydrogen-bond acceptors (Lipinski definition) is 3. The fraction of sp³-hybridized carbons (Fsp3) is 0.417. The summed E-state index contributed by atoms with van der Waals surface area (Å²) in [5, 5.41) is 9.61. The van der Waals surface area contributed by atoms with Crippen molar-refractivity contribution in [1.29, 1.82) is 0 Å². The largest absolute Gasteiger partial charge is 0.478 e. The summed E-state index contributed by atoms with van der Waals surface area (Å²) in [5.41, 5.74) is 6.16. The van der Waals surface area contributed by atoms with Gasteiger partial charge in [0.1, 0.15) is 0 Å².